The standard InChI is InChI=1S/C16H22ClNO/c1-2-7-18-15(11-4-3-5-11)14-10-13(17)9-12-6-8-19-16(12)14/h9-11,15,18H,2-8H2,1H3. The Balaban J connectivity index is 1.92. The van der Waals surface area contributed by atoms with Gasteiger partial charge in [0.25, 0.3) is 0 Å². The van der Waals surface area contributed by atoms with Crippen LogP contribution in [-0.4, -0.2) is 13.2 Å². The predicted octanol–water partition coefficient (Wildman–Crippen LogP) is 4.12. The Labute approximate surface area is 120 Å². The first-order valence-corrected chi connectivity index (χ1v) is 7.86. The SMILES string of the molecule is CCCNC(c1cc(Cl)cc2c1OCC2)C1CCC1. The summed E-state index contributed by atoms with van der Waals surface area (Å²) in [7, 11) is 0. The first-order valence-electron chi connectivity index (χ1n) is 7.48. The summed E-state index contributed by atoms with van der Waals surface area (Å²) in [5.41, 5.74) is 2.57. The highest BCUT2D eigenvalue weighted by atomic mass is 35.5. The second-order valence-corrected chi connectivity index (χ2v) is 6.14. The smallest absolute Gasteiger partial charge is 0.127 e. The van der Waals surface area contributed by atoms with E-state index in [9.17, 15) is 0 Å². The van der Waals surface area contributed by atoms with E-state index in [2.05, 4.69) is 24.4 Å². The molecule has 0 spiro atoms. The van der Waals surface area contributed by atoms with Gasteiger partial charge in [-0.25, -0.2) is 0 Å². The number of rotatable bonds is 5. The Bertz CT molecular complexity index is 456. The average Bonchev–Trinajstić information content (AvgIpc) is 2.78. The molecule has 1 N–H and O–H groups in total. The van der Waals surface area contributed by atoms with Gasteiger partial charge < -0.3 is 10.1 Å². The molecule has 3 rings (SSSR count). The molecule has 0 saturated heterocycles. The lowest BCUT2D eigenvalue weighted by Crippen LogP contribution is -2.33. The molecule has 1 aliphatic carbocycles. The maximum absolute atomic E-state index is 6.29. The van der Waals surface area contributed by atoms with Crippen LogP contribution in [0.1, 0.15) is 49.8 Å². The second kappa shape index (κ2) is 5.72. The number of halogens is 1. The Morgan fingerprint density at radius 3 is 2.95 bits per heavy atom. The maximum Gasteiger partial charge on any atom is 0.127 e. The zero-order valence-corrected chi connectivity index (χ0v) is 12.3. The van der Waals surface area contributed by atoms with Gasteiger partial charge in [-0.1, -0.05) is 24.9 Å². The van der Waals surface area contributed by atoms with Crippen LogP contribution >= 0.6 is 11.6 Å². The number of benzene rings is 1. The number of ether oxygens (including phenoxy) is 1. The normalized spacial score (nSPS) is 19.7. The van der Waals surface area contributed by atoms with E-state index in [0.29, 0.717) is 6.04 Å². The van der Waals surface area contributed by atoms with Crippen LogP contribution in [0.2, 0.25) is 5.02 Å². The van der Waals surface area contributed by atoms with Crippen molar-refractivity contribution in [3.8, 4) is 5.75 Å². The van der Waals surface area contributed by atoms with Gasteiger partial charge >= 0.3 is 0 Å². The molecular weight excluding hydrogens is 258 g/mol. The van der Waals surface area contributed by atoms with Crippen LogP contribution in [-0.2, 0) is 6.42 Å². The van der Waals surface area contributed by atoms with Crippen molar-refractivity contribution in [1.29, 1.82) is 0 Å². The Morgan fingerprint density at radius 2 is 2.26 bits per heavy atom. The van der Waals surface area contributed by atoms with Crippen molar-refractivity contribution >= 4 is 11.6 Å². The molecular formula is C16H22ClNO. The molecule has 1 heterocycles. The minimum Gasteiger partial charge on any atom is -0.493 e. The van der Waals surface area contributed by atoms with Crippen molar-refractivity contribution in [2.24, 2.45) is 5.92 Å². The number of nitrogens with one attached hydrogen (secondary N) is 1. The molecule has 2 aliphatic rings. The van der Waals surface area contributed by atoms with Crippen LogP contribution in [0, 0.1) is 5.92 Å². The molecule has 19 heavy (non-hydrogen) atoms. The fraction of sp³-hybridized carbons (Fsp3) is 0.625. The van der Waals surface area contributed by atoms with Crippen molar-refractivity contribution in [2.45, 2.75) is 45.1 Å². The summed E-state index contributed by atoms with van der Waals surface area (Å²) >= 11 is 6.29. The molecule has 1 aliphatic heterocycles. The first kappa shape index (κ1) is 13.3. The lowest BCUT2D eigenvalue weighted by molar-refractivity contribution is 0.226. The maximum atomic E-state index is 6.29. The molecule has 0 radical (unpaired) electrons. The molecule has 104 valence electrons. The Morgan fingerprint density at radius 1 is 1.42 bits per heavy atom. The van der Waals surface area contributed by atoms with Gasteiger partial charge in [-0.2, -0.15) is 0 Å². The van der Waals surface area contributed by atoms with Gasteiger partial charge in [-0.05, 0) is 49.4 Å². The summed E-state index contributed by atoms with van der Waals surface area (Å²) in [6, 6.07) is 4.59. The summed E-state index contributed by atoms with van der Waals surface area (Å²) < 4.78 is 5.87. The monoisotopic (exact) mass is 279 g/mol. The molecule has 2 nitrogen and oxygen atoms in total. The van der Waals surface area contributed by atoms with E-state index in [-0.39, 0.29) is 0 Å². The van der Waals surface area contributed by atoms with E-state index in [0.717, 1.165) is 42.7 Å². The number of fused-ring (bicyclic) bond motifs is 1. The van der Waals surface area contributed by atoms with Gasteiger partial charge in [0.15, 0.2) is 0 Å². The zero-order valence-electron chi connectivity index (χ0n) is 11.5. The van der Waals surface area contributed by atoms with Gasteiger partial charge in [0.2, 0.25) is 0 Å². The third kappa shape index (κ3) is 2.61. The van der Waals surface area contributed by atoms with Crippen molar-refractivity contribution < 1.29 is 4.74 Å². The lowest BCUT2D eigenvalue weighted by atomic mass is 9.76. The van der Waals surface area contributed by atoms with Gasteiger partial charge in [0.05, 0.1) is 6.61 Å². The van der Waals surface area contributed by atoms with Crippen LogP contribution < -0.4 is 10.1 Å². The van der Waals surface area contributed by atoms with E-state index in [4.69, 9.17) is 16.3 Å². The summed E-state index contributed by atoms with van der Waals surface area (Å²) in [4.78, 5) is 0. The van der Waals surface area contributed by atoms with Crippen LogP contribution in [0.5, 0.6) is 5.75 Å². The van der Waals surface area contributed by atoms with Crippen molar-refractivity contribution in [1.82, 2.24) is 5.32 Å². The van der Waals surface area contributed by atoms with Crippen molar-refractivity contribution in [2.75, 3.05) is 13.2 Å². The number of hydrogen-bond donors (Lipinski definition) is 1. The lowest BCUT2D eigenvalue weighted by Gasteiger charge is -2.35. The number of hydrogen-bond acceptors (Lipinski definition) is 2. The van der Waals surface area contributed by atoms with Gasteiger partial charge in [0, 0.05) is 23.0 Å². The zero-order chi connectivity index (χ0) is 13.2. The van der Waals surface area contributed by atoms with Crippen molar-refractivity contribution in [3.05, 3.63) is 28.3 Å². The van der Waals surface area contributed by atoms with Crippen LogP contribution in [0.25, 0.3) is 0 Å². The van der Waals surface area contributed by atoms with Gasteiger partial charge in [-0.15, -0.1) is 0 Å². The highest BCUT2D eigenvalue weighted by Gasteiger charge is 2.32. The fourth-order valence-electron chi connectivity index (χ4n) is 3.13. The first-order chi connectivity index (χ1) is 9.29. The van der Waals surface area contributed by atoms with Crippen molar-refractivity contribution in [3.63, 3.8) is 0 Å². The summed E-state index contributed by atoms with van der Waals surface area (Å²) in [6.07, 6.45) is 6.16. The molecule has 1 atom stereocenters. The molecule has 3 heteroatoms. The van der Waals surface area contributed by atoms with Crippen LogP contribution in [0.4, 0.5) is 0 Å². The van der Waals surface area contributed by atoms with E-state index in [1.807, 2.05) is 0 Å². The molecule has 0 bridgehead atoms. The molecule has 0 aromatic heterocycles. The summed E-state index contributed by atoms with van der Waals surface area (Å²) in [6.45, 7) is 4.07. The van der Waals surface area contributed by atoms with E-state index < -0.39 is 0 Å². The van der Waals surface area contributed by atoms with Crippen LogP contribution in [0.3, 0.4) is 0 Å². The average molecular weight is 280 g/mol. The predicted molar refractivity (Wildman–Crippen MR) is 79.0 cm³/mol. The largest absolute Gasteiger partial charge is 0.493 e. The molecule has 0 amide bonds. The van der Waals surface area contributed by atoms with E-state index >= 15 is 0 Å². The topological polar surface area (TPSA) is 21.3 Å². The second-order valence-electron chi connectivity index (χ2n) is 5.70. The van der Waals surface area contributed by atoms with E-state index in [1.54, 1.807) is 0 Å². The molecule has 1 saturated carbocycles. The molecule has 1 aromatic carbocycles. The summed E-state index contributed by atoms with van der Waals surface area (Å²) in [5.74, 6) is 1.85. The fourth-order valence-corrected chi connectivity index (χ4v) is 3.38. The highest BCUT2D eigenvalue weighted by molar-refractivity contribution is 6.30. The summed E-state index contributed by atoms with van der Waals surface area (Å²) in [5, 5.41) is 4.55. The Hall–Kier alpha value is -0.730. The van der Waals surface area contributed by atoms with E-state index in [1.165, 1.54) is 30.4 Å². The third-order valence-electron chi connectivity index (χ3n) is 4.35. The minimum atomic E-state index is 0.416. The van der Waals surface area contributed by atoms with Gasteiger partial charge in [0.1, 0.15) is 5.75 Å². The van der Waals surface area contributed by atoms with Crippen LogP contribution in [0.15, 0.2) is 12.1 Å². The Kier molecular flexibility index (Phi) is 3.99. The highest BCUT2D eigenvalue weighted by Crippen LogP contribution is 2.44. The molecule has 1 unspecified atom stereocenters. The van der Waals surface area contributed by atoms with Gasteiger partial charge in [-0.3, -0.25) is 0 Å². The quantitative estimate of drug-likeness (QED) is 0.876. The molecule has 1 aromatic rings. The third-order valence-corrected chi connectivity index (χ3v) is 4.57. The minimum absolute atomic E-state index is 0.416. The molecule has 1 fully saturated rings.